The van der Waals surface area contributed by atoms with E-state index in [1.54, 1.807) is 12.1 Å². The third-order valence-corrected chi connectivity index (χ3v) is 2.64. The number of hydrogen-bond acceptors (Lipinski definition) is 2. The maximum Gasteiger partial charge on any atom is 0.134 e. The van der Waals surface area contributed by atoms with Crippen molar-refractivity contribution in [2.45, 2.75) is 45.2 Å². The summed E-state index contributed by atoms with van der Waals surface area (Å²) in [4.78, 5) is 0. The number of aromatic hydroxyl groups is 1. The van der Waals surface area contributed by atoms with Gasteiger partial charge in [0.25, 0.3) is 0 Å². The third kappa shape index (κ3) is 6.15. The highest BCUT2D eigenvalue weighted by Crippen LogP contribution is 2.17. The molecule has 0 aliphatic heterocycles. The number of phenolic OH excluding ortho intramolecular Hbond substituents is 1. The van der Waals surface area contributed by atoms with Crippen LogP contribution < -0.4 is 4.74 Å². The highest BCUT2D eigenvalue weighted by atomic mass is 19.1. The van der Waals surface area contributed by atoms with E-state index in [9.17, 15) is 4.39 Å². The Bertz CT molecular complexity index is 298. The molecule has 0 aliphatic carbocycles. The van der Waals surface area contributed by atoms with Crippen LogP contribution in [0, 0.1) is 0 Å². The summed E-state index contributed by atoms with van der Waals surface area (Å²) in [5, 5.41) is 9.07. The quantitative estimate of drug-likeness (QED) is 0.694. The predicted octanol–water partition coefficient (Wildman–Crippen LogP) is 4.08. The van der Waals surface area contributed by atoms with Gasteiger partial charge in [0.15, 0.2) is 0 Å². The number of phenols is 1. The minimum atomic E-state index is -0.902. The maximum absolute atomic E-state index is 13.4. The minimum Gasteiger partial charge on any atom is -0.508 e. The molecule has 0 heterocycles. The van der Waals surface area contributed by atoms with Crippen LogP contribution in [0.15, 0.2) is 24.3 Å². The van der Waals surface area contributed by atoms with Gasteiger partial charge in [-0.05, 0) is 30.7 Å². The largest absolute Gasteiger partial charge is 0.508 e. The van der Waals surface area contributed by atoms with Crippen LogP contribution in [0.1, 0.15) is 39.0 Å². The number of rotatable bonds is 8. The number of unbranched alkanes of at least 4 members (excludes halogenated alkanes) is 3. The molecule has 0 radical (unpaired) electrons. The van der Waals surface area contributed by atoms with Gasteiger partial charge in [0, 0.05) is 0 Å². The molecule has 0 saturated heterocycles. The lowest BCUT2D eigenvalue weighted by atomic mass is 10.1. The van der Waals surface area contributed by atoms with Crippen molar-refractivity contribution in [3.05, 3.63) is 24.3 Å². The standard InChI is InChI=1S/C14H21FO2/c1-2-3-4-5-6-12(15)11-17-14-9-7-13(16)8-10-14/h7-10,12,16H,2-6,11H2,1H3. The molecule has 1 unspecified atom stereocenters. The van der Waals surface area contributed by atoms with Crippen molar-refractivity contribution in [2.75, 3.05) is 6.61 Å². The fourth-order valence-electron chi connectivity index (χ4n) is 1.60. The van der Waals surface area contributed by atoms with E-state index in [0.29, 0.717) is 12.2 Å². The van der Waals surface area contributed by atoms with Gasteiger partial charge < -0.3 is 9.84 Å². The molecule has 0 fully saturated rings. The lowest BCUT2D eigenvalue weighted by molar-refractivity contribution is 0.184. The van der Waals surface area contributed by atoms with E-state index in [1.807, 2.05) is 0 Å². The second-order valence-electron chi connectivity index (χ2n) is 4.25. The van der Waals surface area contributed by atoms with Crippen molar-refractivity contribution < 1.29 is 14.2 Å². The van der Waals surface area contributed by atoms with E-state index in [0.717, 1.165) is 12.8 Å². The summed E-state index contributed by atoms with van der Waals surface area (Å²) in [6.45, 7) is 2.23. The Morgan fingerprint density at radius 3 is 2.53 bits per heavy atom. The van der Waals surface area contributed by atoms with Crippen LogP contribution in [0.4, 0.5) is 4.39 Å². The zero-order valence-electron chi connectivity index (χ0n) is 10.4. The second-order valence-corrected chi connectivity index (χ2v) is 4.25. The van der Waals surface area contributed by atoms with Crippen molar-refractivity contribution in [3.63, 3.8) is 0 Å². The van der Waals surface area contributed by atoms with Gasteiger partial charge >= 0.3 is 0 Å². The van der Waals surface area contributed by atoms with E-state index in [4.69, 9.17) is 9.84 Å². The summed E-state index contributed by atoms with van der Waals surface area (Å²) in [6, 6.07) is 6.34. The van der Waals surface area contributed by atoms with E-state index >= 15 is 0 Å². The van der Waals surface area contributed by atoms with E-state index in [1.165, 1.54) is 25.0 Å². The molecule has 1 aromatic carbocycles. The molecular formula is C14H21FO2. The summed E-state index contributed by atoms with van der Waals surface area (Å²) in [5.74, 6) is 0.785. The first-order valence-corrected chi connectivity index (χ1v) is 6.28. The molecule has 0 saturated carbocycles. The van der Waals surface area contributed by atoms with Gasteiger partial charge in [-0.15, -0.1) is 0 Å². The SMILES string of the molecule is CCCCCCC(F)COc1ccc(O)cc1. The molecule has 0 aliphatic rings. The first-order valence-electron chi connectivity index (χ1n) is 6.28. The summed E-state index contributed by atoms with van der Waals surface area (Å²) in [6.07, 6.45) is 4.02. The molecular weight excluding hydrogens is 219 g/mol. The third-order valence-electron chi connectivity index (χ3n) is 2.64. The average molecular weight is 240 g/mol. The molecule has 0 spiro atoms. The van der Waals surface area contributed by atoms with Crippen molar-refractivity contribution >= 4 is 0 Å². The number of halogens is 1. The fraction of sp³-hybridized carbons (Fsp3) is 0.571. The highest BCUT2D eigenvalue weighted by molar-refractivity contribution is 5.30. The van der Waals surface area contributed by atoms with Crippen LogP contribution in [0.2, 0.25) is 0 Å². The molecule has 3 heteroatoms. The predicted molar refractivity (Wildman–Crippen MR) is 67.3 cm³/mol. The summed E-state index contributed by atoms with van der Waals surface area (Å²) < 4.78 is 18.7. The smallest absolute Gasteiger partial charge is 0.134 e. The van der Waals surface area contributed by atoms with E-state index in [-0.39, 0.29) is 12.4 Å². The van der Waals surface area contributed by atoms with Crippen LogP contribution in [-0.4, -0.2) is 17.9 Å². The molecule has 1 aromatic rings. The highest BCUT2D eigenvalue weighted by Gasteiger charge is 2.07. The van der Waals surface area contributed by atoms with Gasteiger partial charge in [0.1, 0.15) is 24.3 Å². The molecule has 17 heavy (non-hydrogen) atoms. The van der Waals surface area contributed by atoms with Crippen molar-refractivity contribution in [3.8, 4) is 11.5 Å². The van der Waals surface area contributed by atoms with E-state index in [2.05, 4.69) is 6.92 Å². The van der Waals surface area contributed by atoms with E-state index < -0.39 is 6.17 Å². The number of ether oxygens (including phenoxy) is 1. The van der Waals surface area contributed by atoms with Crippen LogP contribution >= 0.6 is 0 Å². The Balaban J connectivity index is 2.14. The monoisotopic (exact) mass is 240 g/mol. The Labute approximate surface area is 102 Å². The van der Waals surface area contributed by atoms with Crippen LogP contribution in [0.3, 0.4) is 0 Å². The molecule has 2 nitrogen and oxygen atoms in total. The molecule has 0 amide bonds. The first-order chi connectivity index (χ1) is 8.22. The summed E-state index contributed by atoms with van der Waals surface area (Å²) in [7, 11) is 0. The molecule has 1 N–H and O–H groups in total. The Morgan fingerprint density at radius 2 is 1.88 bits per heavy atom. The zero-order chi connectivity index (χ0) is 12.5. The lowest BCUT2D eigenvalue weighted by Crippen LogP contribution is -2.12. The average Bonchev–Trinajstić information content (AvgIpc) is 2.34. The fourth-order valence-corrected chi connectivity index (χ4v) is 1.60. The van der Waals surface area contributed by atoms with Crippen LogP contribution in [-0.2, 0) is 0 Å². The van der Waals surface area contributed by atoms with Gasteiger partial charge in [0.2, 0.25) is 0 Å². The Morgan fingerprint density at radius 1 is 1.18 bits per heavy atom. The Hall–Kier alpha value is -1.25. The van der Waals surface area contributed by atoms with Gasteiger partial charge in [-0.2, -0.15) is 0 Å². The van der Waals surface area contributed by atoms with Crippen LogP contribution in [0.5, 0.6) is 11.5 Å². The summed E-state index contributed by atoms with van der Waals surface area (Å²) >= 11 is 0. The van der Waals surface area contributed by atoms with Gasteiger partial charge in [0.05, 0.1) is 0 Å². The Kier molecular flexibility index (Phi) is 6.45. The normalized spacial score (nSPS) is 12.4. The molecule has 1 rings (SSSR count). The lowest BCUT2D eigenvalue weighted by Gasteiger charge is -2.10. The molecule has 0 bridgehead atoms. The molecule has 1 atom stereocenters. The number of hydrogen-bond donors (Lipinski definition) is 1. The number of alkyl halides is 1. The molecule has 0 aromatic heterocycles. The van der Waals surface area contributed by atoms with Crippen LogP contribution in [0.25, 0.3) is 0 Å². The van der Waals surface area contributed by atoms with Crippen molar-refractivity contribution in [1.29, 1.82) is 0 Å². The summed E-state index contributed by atoms with van der Waals surface area (Å²) in [5.41, 5.74) is 0. The minimum absolute atomic E-state index is 0.0941. The second kappa shape index (κ2) is 7.93. The topological polar surface area (TPSA) is 29.5 Å². The zero-order valence-corrected chi connectivity index (χ0v) is 10.4. The van der Waals surface area contributed by atoms with Gasteiger partial charge in [-0.1, -0.05) is 32.6 Å². The first kappa shape index (κ1) is 13.8. The molecule has 96 valence electrons. The van der Waals surface area contributed by atoms with Gasteiger partial charge in [-0.3, -0.25) is 0 Å². The number of benzene rings is 1. The van der Waals surface area contributed by atoms with Crippen molar-refractivity contribution in [1.82, 2.24) is 0 Å². The van der Waals surface area contributed by atoms with Crippen molar-refractivity contribution in [2.24, 2.45) is 0 Å². The maximum atomic E-state index is 13.4. The van der Waals surface area contributed by atoms with Gasteiger partial charge in [-0.25, -0.2) is 4.39 Å².